The molecule has 0 aromatic heterocycles. The van der Waals surface area contributed by atoms with Gasteiger partial charge in [-0.1, -0.05) is 6.92 Å². The van der Waals surface area contributed by atoms with Crippen LogP contribution in [0.2, 0.25) is 0 Å². The summed E-state index contributed by atoms with van der Waals surface area (Å²) in [6.07, 6.45) is 0.667. The zero-order valence-corrected chi connectivity index (χ0v) is 5.33. The molecule has 54 valence electrons. The molecule has 0 amide bonds. The summed E-state index contributed by atoms with van der Waals surface area (Å²) in [5.41, 5.74) is 0. The van der Waals surface area contributed by atoms with Crippen LogP contribution in [0.3, 0.4) is 0 Å². The van der Waals surface area contributed by atoms with Crippen LogP contribution in [0.4, 0.5) is 0 Å². The lowest BCUT2D eigenvalue weighted by Gasteiger charge is -1.71. The molecule has 0 aliphatic rings. The Hall–Kier alpha value is -1.13. The topological polar surface area (TPSA) is 80.4 Å². The minimum Gasteiger partial charge on any atom is -0.328 e. The molecule has 0 heterocycles. The van der Waals surface area contributed by atoms with Crippen molar-refractivity contribution in [2.75, 3.05) is 0 Å². The van der Waals surface area contributed by atoms with E-state index in [1.165, 1.54) is 0 Å². The van der Waals surface area contributed by atoms with E-state index in [4.69, 9.17) is 15.3 Å². The highest BCUT2D eigenvalue weighted by molar-refractivity contribution is 5.74. The third-order valence-electron chi connectivity index (χ3n) is 0.498. The van der Waals surface area contributed by atoms with Gasteiger partial charge in [0.25, 0.3) is 5.09 Å². The van der Waals surface area contributed by atoms with Crippen molar-refractivity contribution in [3.05, 3.63) is 10.1 Å². The Kier molecular flexibility index (Phi) is 8.23. The second-order valence-electron chi connectivity index (χ2n) is 1.29. The van der Waals surface area contributed by atoms with Gasteiger partial charge in [-0.15, -0.1) is 10.1 Å². The van der Waals surface area contributed by atoms with Gasteiger partial charge in [0.1, 0.15) is 5.78 Å². The first kappa shape index (κ1) is 10.8. The van der Waals surface area contributed by atoms with E-state index in [9.17, 15) is 4.79 Å². The van der Waals surface area contributed by atoms with Crippen LogP contribution in [0.1, 0.15) is 20.3 Å². The Morgan fingerprint density at radius 1 is 1.78 bits per heavy atom. The molecule has 0 aliphatic carbocycles. The van der Waals surface area contributed by atoms with E-state index in [2.05, 4.69) is 0 Å². The Morgan fingerprint density at radius 3 is 1.89 bits per heavy atom. The van der Waals surface area contributed by atoms with Crippen molar-refractivity contribution in [1.29, 1.82) is 0 Å². The summed E-state index contributed by atoms with van der Waals surface area (Å²) in [5.74, 6) is 0.255. The van der Waals surface area contributed by atoms with Crippen molar-refractivity contribution in [2.24, 2.45) is 0 Å². The first-order valence-corrected chi connectivity index (χ1v) is 2.33. The van der Waals surface area contributed by atoms with Crippen LogP contribution in [0.25, 0.3) is 0 Å². The van der Waals surface area contributed by atoms with Crippen LogP contribution in [0.5, 0.6) is 0 Å². The molecule has 9 heavy (non-hydrogen) atoms. The van der Waals surface area contributed by atoms with Crippen LogP contribution >= 0.6 is 0 Å². The molecule has 0 fully saturated rings. The summed E-state index contributed by atoms with van der Waals surface area (Å²) < 4.78 is 0. The SMILES string of the molecule is CCC(C)=O.O=[N+]([O-])O. The van der Waals surface area contributed by atoms with Gasteiger partial charge >= 0.3 is 0 Å². The number of rotatable bonds is 1. The minimum atomic E-state index is -1.50. The maximum atomic E-state index is 9.81. The molecule has 0 aliphatic heterocycles. The Labute approximate surface area is 52.4 Å². The van der Waals surface area contributed by atoms with Crippen LogP contribution in [-0.4, -0.2) is 16.1 Å². The van der Waals surface area contributed by atoms with Gasteiger partial charge < -0.3 is 10.0 Å². The van der Waals surface area contributed by atoms with E-state index in [1.807, 2.05) is 6.92 Å². The summed E-state index contributed by atoms with van der Waals surface area (Å²) in [6.45, 7) is 3.43. The van der Waals surface area contributed by atoms with Crippen molar-refractivity contribution < 1.29 is 15.1 Å². The van der Waals surface area contributed by atoms with Gasteiger partial charge in [0.15, 0.2) is 0 Å². The molecular formula is C4H9NO4. The standard InChI is InChI=1S/C4H8O.HNO3/c1-3-4(2)5;2-1(3)4/h3H2,1-2H3;(H,2,3,4). The van der Waals surface area contributed by atoms with Crippen molar-refractivity contribution in [1.82, 2.24) is 0 Å². The van der Waals surface area contributed by atoms with Gasteiger partial charge in [-0.3, -0.25) is 0 Å². The quantitative estimate of drug-likeness (QED) is 0.422. The molecule has 0 atom stereocenters. The van der Waals surface area contributed by atoms with E-state index in [-0.39, 0.29) is 5.78 Å². The third kappa shape index (κ3) is 215. The predicted molar refractivity (Wildman–Crippen MR) is 29.8 cm³/mol. The molecule has 0 unspecified atom stereocenters. The van der Waals surface area contributed by atoms with Gasteiger partial charge in [-0.25, -0.2) is 0 Å². The number of carbonyl (C=O) groups excluding carboxylic acids is 1. The van der Waals surface area contributed by atoms with Crippen LogP contribution in [-0.2, 0) is 4.79 Å². The fourth-order valence-corrected chi connectivity index (χ4v) is 0. The zero-order valence-electron chi connectivity index (χ0n) is 5.33. The number of ketones is 1. The smallest absolute Gasteiger partial charge is 0.291 e. The predicted octanol–water partition coefficient (Wildman–Crippen LogP) is 0.638. The second-order valence-corrected chi connectivity index (χ2v) is 1.29. The average Bonchev–Trinajstić information content (AvgIpc) is 1.65. The van der Waals surface area contributed by atoms with Gasteiger partial charge in [0, 0.05) is 6.42 Å². The van der Waals surface area contributed by atoms with Crippen LogP contribution < -0.4 is 0 Å². The van der Waals surface area contributed by atoms with E-state index >= 15 is 0 Å². The lowest BCUT2D eigenvalue weighted by Crippen LogP contribution is -1.81. The van der Waals surface area contributed by atoms with E-state index in [0.29, 0.717) is 6.42 Å². The molecule has 0 saturated heterocycles. The second kappa shape index (κ2) is 6.87. The van der Waals surface area contributed by atoms with Crippen molar-refractivity contribution in [2.45, 2.75) is 20.3 Å². The number of Topliss-reactive ketones (excluding diaryl/α,β-unsaturated/α-hetero) is 1. The highest BCUT2D eigenvalue weighted by Crippen LogP contribution is 1.71. The highest BCUT2D eigenvalue weighted by atomic mass is 16.9. The van der Waals surface area contributed by atoms with Crippen molar-refractivity contribution in [3.63, 3.8) is 0 Å². The molecule has 0 saturated carbocycles. The molecule has 1 N–H and O–H groups in total. The lowest BCUT2D eigenvalue weighted by molar-refractivity contribution is -0.742. The number of nitrogens with zero attached hydrogens (tertiary/aromatic N) is 1. The molecule has 0 rings (SSSR count). The van der Waals surface area contributed by atoms with Gasteiger partial charge in [0.2, 0.25) is 0 Å². The Balaban J connectivity index is 0. The van der Waals surface area contributed by atoms with Crippen LogP contribution in [0, 0.1) is 10.1 Å². The van der Waals surface area contributed by atoms with E-state index in [1.54, 1.807) is 6.92 Å². The molecule has 5 nitrogen and oxygen atoms in total. The third-order valence-corrected chi connectivity index (χ3v) is 0.498. The van der Waals surface area contributed by atoms with Crippen molar-refractivity contribution in [3.8, 4) is 0 Å². The fraction of sp³-hybridized carbons (Fsp3) is 0.750. The Morgan fingerprint density at radius 2 is 1.89 bits per heavy atom. The monoisotopic (exact) mass is 135 g/mol. The summed E-state index contributed by atoms with van der Waals surface area (Å²) in [7, 11) is 0. The van der Waals surface area contributed by atoms with Gasteiger partial charge in [-0.05, 0) is 6.92 Å². The molecule has 0 bridgehead atoms. The van der Waals surface area contributed by atoms with Gasteiger partial charge in [0.05, 0.1) is 0 Å². The van der Waals surface area contributed by atoms with Crippen molar-refractivity contribution >= 4 is 5.78 Å². The summed E-state index contributed by atoms with van der Waals surface area (Å²) in [6, 6.07) is 0. The molecule has 0 aromatic carbocycles. The minimum absolute atomic E-state index is 0.255. The fourth-order valence-electron chi connectivity index (χ4n) is 0. The summed E-state index contributed by atoms with van der Waals surface area (Å²) >= 11 is 0. The molecule has 5 heteroatoms. The zero-order chi connectivity index (χ0) is 7.86. The number of carbonyl (C=O) groups is 1. The molecular weight excluding hydrogens is 126 g/mol. The average molecular weight is 135 g/mol. The normalized spacial score (nSPS) is 6.89. The summed E-state index contributed by atoms with van der Waals surface area (Å²) in [4.78, 5) is 18.2. The molecule has 0 spiro atoms. The van der Waals surface area contributed by atoms with Crippen LogP contribution in [0.15, 0.2) is 0 Å². The first-order chi connectivity index (χ1) is 4.00. The van der Waals surface area contributed by atoms with Gasteiger partial charge in [-0.2, -0.15) is 0 Å². The van der Waals surface area contributed by atoms with E-state index in [0.717, 1.165) is 0 Å². The highest BCUT2D eigenvalue weighted by Gasteiger charge is 1.76. The number of hydrogen-bond donors (Lipinski definition) is 1. The Bertz CT molecular complexity index is 96.7. The maximum absolute atomic E-state index is 9.81. The molecule has 0 aromatic rings. The largest absolute Gasteiger partial charge is 0.328 e. The first-order valence-electron chi connectivity index (χ1n) is 2.33. The number of hydrogen-bond acceptors (Lipinski definition) is 3. The molecule has 0 radical (unpaired) electrons. The van der Waals surface area contributed by atoms with E-state index < -0.39 is 5.09 Å². The maximum Gasteiger partial charge on any atom is 0.291 e. The lowest BCUT2D eigenvalue weighted by atomic mass is 10.4. The summed E-state index contributed by atoms with van der Waals surface area (Å²) in [5, 5.41) is 13.6.